The topological polar surface area (TPSA) is 111 Å². The van der Waals surface area contributed by atoms with Crippen molar-refractivity contribution in [1.82, 2.24) is 14.5 Å². The molecule has 2 atom stereocenters. The van der Waals surface area contributed by atoms with E-state index in [1.54, 1.807) is 51.1 Å². The van der Waals surface area contributed by atoms with Crippen LogP contribution in [0.3, 0.4) is 0 Å². The van der Waals surface area contributed by atoms with Gasteiger partial charge in [0.2, 0.25) is 10.0 Å². The van der Waals surface area contributed by atoms with Gasteiger partial charge in [-0.05, 0) is 56.2 Å². The van der Waals surface area contributed by atoms with Gasteiger partial charge in [-0.1, -0.05) is 41.4 Å². The predicted octanol–water partition coefficient (Wildman–Crippen LogP) is 4.80. The lowest BCUT2D eigenvalue weighted by atomic mass is 10.0. The van der Waals surface area contributed by atoms with Crippen molar-refractivity contribution < 1.29 is 26.0 Å². The maximum atomic E-state index is 14.5. The summed E-state index contributed by atoms with van der Waals surface area (Å²) in [5.74, 6) is -0.269. The average molecular weight is 618 g/mol. The van der Waals surface area contributed by atoms with Crippen molar-refractivity contribution in [1.29, 1.82) is 0 Å². The molecule has 14 heteroatoms. The molecular weight excluding hydrogens is 590 g/mol. The van der Waals surface area contributed by atoms with Crippen LogP contribution in [0, 0.1) is 5.82 Å². The molecule has 210 valence electrons. The number of anilines is 1. The molecule has 0 amide bonds. The minimum absolute atomic E-state index is 0.190. The molecule has 0 aliphatic carbocycles. The molecule has 3 aromatic rings. The number of benzene rings is 2. The van der Waals surface area contributed by atoms with Gasteiger partial charge in [0.05, 0.1) is 29.6 Å². The third-order valence-corrected chi connectivity index (χ3v) is 9.44. The normalized spacial score (nSPS) is 17.1. The summed E-state index contributed by atoms with van der Waals surface area (Å²) >= 11 is 12.4. The molecule has 1 N–H and O–H groups in total. The van der Waals surface area contributed by atoms with Crippen LogP contribution in [0.1, 0.15) is 31.9 Å². The van der Waals surface area contributed by atoms with Gasteiger partial charge in [-0.25, -0.2) is 25.9 Å². The summed E-state index contributed by atoms with van der Waals surface area (Å²) in [4.78, 5) is -0.198. The Labute approximate surface area is 237 Å². The Hall–Kier alpha value is -2.64. The van der Waals surface area contributed by atoms with Gasteiger partial charge in [0.15, 0.2) is 5.15 Å². The fourth-order valence-corrected chi connectivity index (χ4v) is 7.38. The van der Waals surface area contributed by atoms with E-state index in [-0.39, 0.29) is 38.6 Å². The summed E-state index contributed by atoms with van der Waals surface area (Å²) in [5, 5.41) is 4.10. The van der Waals surface area contributed by atoms with Crippen LogP contribution in [0.25, 0.3) is 11.6 Å². The van der Waals surface area contributed by atoms with Crippen LogP contribution in [0.15, 0.2) is 47.5 Å². The number of aryl methyl sites for hydroxylation is 1. The van der Waals surface area contributed by atoms with E-state index in [4.69, 9.17) is 27.9 Å². The molecule has 1 aromatic heterocycles. The molecule has 2 heterocycles. The molecule has 4 rings (SSSR count). The van der Waals surface area contributed by atoms with Crippen molar-refractivity contribution in [2.45, 2.75) is 44.4 Å². The van der Waals surface area contributed by atoms with E-state index < -0.39 is 38.0 Å². The molecule has 0 fully saturated rings. The number of hydrogen-bond donors (Lipinski definition) is 1. The largest absolute Gasteiger partial charge is 0.485 e. The van der Waals surface area contributed by atoms with E-state index in [0.29, 0.717) is 17.7 Å². The lowest BCUT2D eigenvalue weighted by Crippen LogP contribution is -2.52. The molecule has 1 aliphatic heterocycles. The lowest BCUT2D eigenvalue weighted by Gasteiger charge is -2.37. The van der Waals surface area contributed by atoms with Crippen molar-refractivity contribution in [3.63, 3.8) is 0 Å². The quantitative estimate of drug-likeness (QED) is 0.364. The monoisotopic (exact) mass is 616 g/mol. The van der Waals surface area contributed by atoms with Crippen LogP contribution >= 0.6 is 23.2 Å². The van der Waals surface area contributed by atoms with Gasteiger partial charge in [-0.3, -0.25) is 8.99 Å². The minimum atomic E-state index is -4.26. The molecule has 9 nitrogen and oxygen atoms in total. The third-order valence-electron chi connectivity index (χ3n) is 6.15. The predicted molar refractivity (Wildman–Crippen MR) is 151 cm³/mol. The molecule has 39 heavy (non-hydrogen) atoms. The molecule has 0 saturated heterocycles. The lowest BCUT2D eigenvalue weighted by molar-refractivity contribution is 0.169. The number of ether oxygens (including phenoxy) is 1. The van der Waals surface area contributed by atoms with Gasteiger partial charge >= 0.3 is 0 Å². The van der Waals surface area contributed by atoms with Crippen molar-refractivity contribution in [2.24, 2.45) is 0 Å². The first kappa shape index (κ1) is 29.3. The van der Waals surface area contributed by atoms with Gasteiger partial charge < -0.3 is 4.74 Å². The van der Waals surface area contributed by atoms with Crippen molar-refractivity contribution in [3.05, 3.63) is 69.7 Å². The molecule has 0 bridgehead atoms. The van der Waals surface area contributed by atoms with E-state index in [1.165, 1.54) is 23.0 Å². The van der Waals surface area contributed by atoms with Crippen molar-refractivity contribution in [2.75, 3.05) is 17.1 Å². The zero-order chi connectivity index (χ0) is 28.7. The first-order valence-corrected chi connectivity index (χ1v) is 16.0. The maximum absolute atomic E-state index is 14.5. The molecule has 1 aliphatic rings. The fourth-order valence-electron chi connectivity index (χ4n) is 4.31. The Morgan fingerprint density at radius 3 is 2.59 bits per heavy atom. The highest BCUT2D eigenvalue weighted by Crippen LogP contribution is 2.40. The first-order chi connectivity index (χ1) is 18.2. The van der Waals surface area contributed by atoms with Crippen LogP contribution in [-0.2, 0) is 26.6 Å². The third kappa shape index (κ3) is 6.25. The zero-order valence-corrected chi connectivity index (χ0v) is 24.7. The SMILES string of the molecule is CCn1cc(S(=O)(=O)N2CC([C@@H](C)NS(C)(=O)=O)Oc3ccc(/C=C(\C)c4c(F)cccc4Cl)cc32)c(Cl)n1. The molecule has 2 aromatic carbocycles. The van der Waals surface area contributed by atoms with Crippen molar-refractivity contribution in [3.8, 4) is 5.75 Å². The number of aromatic nitrogens is 2. The Bertz CT molecular complexity index is 1640. The summed E-state index contributed by atoms with van der Waals surface area (Å²) < 4.78 is 77.0. The van der Waals surface area contributed by atoms with E-state index in [9.17, 15) is 21.2 Å². The summed E-state index contributed by atoms with van der Waals surface area (Å²) in [6.45, 7) is 5.27. The molecule has 0 radical (unpaired) electrons. The standard InChI is InChI=1S/C25H27Cl2FN4O5S2/c1-5-31-14-23(25(27)29-31)39(35,36)32-13-22(16(3)30-38(4,33)34)37-21-10-9-17(12-20(21)32)11-15(2)24-18(26)7-6-8-19(24)28/h6-12,14,16,22,30H,5,13H2,1-4H3/b15-11+/t16-,22?/m1/s1. The highest BCUT2D eigenvalue weighted by atomic mass is 35.5. The Morgan fingerprint density at radius 2 is 1.97 bits per heavy atom. The molecular formula is C25H27Cl2FN4O5S2. The van der Waals surface area contributed by atoms with Gasteiger partial charge in [0, 0.05) is 18.3 Å². The molecule has 0 spiro atoms. The van der Waals surface area contributed by atoms with Crippen LogP contribution in [0.4, 0.5) is 10.1 Å². The second kappa shape index (κ2) is 11.1. The van der Waals surface area contributed by atoms with E-state index in [0.717, 1.165) is 10.6 Å². The second-order valence-electron chi connectivity index (χ2n) is 9.16. The number of nitrogens with zero attached hydrogens (tertiary/aromatic N) is 3. The Morgan fingerprint density at radius 1 is 1.26 bits per heavy atom. The summed E-state index contributed by atoms with van der Waals surface area (Å²) in [7, 11) is -7.85. The highest BCUT2D eigenvalue weighted by molar-refractivity contribution is 7.93. The zero-order valence-electron chi connectivity index (χ0n) is 21.5. The smallest absolute Gasteiger partial charge is 0.269 e. The van der Waals surface area contributed by atoms with Gasteiger partial charge in [0.25, 0.3) is 10.0 Å². The number of rotatable bonds is 8. The summed E-state index contributed by atoms with van der Waals surface area (Å²) in [6.07, 6.45) is 3.17. The van der Waals surface area contributed by atoms with E-state index in [1.807, 2.05) is 0 Å². The average Bonchev–Trinajstić information content (AvgIpc) is 3.23. The van der Waals surface area contributed by atoms with Gasteiger partial charge in [-0.15, -0.1) is 0 Å². The number of nitrogens with one attached hydrogen (secondary N) is 1. The summed E-state index contributed by atoms with van der Waals surface area (Å²) in [5.41, 5.74) is 1.53. The number of fused-ring (bicyclic) bond motifs is 1. The minimum Gasteiger partial charge on any atom is -0.485 e. The Balaban J connectivity index is 1.82. The van der Waals surface area contributed by atoms with E-state index in [2.05, 4.69) is 9.82 Å². The van der Waals surface area contributed by atoms with Crippen LogP contribution < -0.4 is 13.8 Å². The number of halogens is 3. The number of hydrogen-bond acceptors (Lipinski definition) is 6. The van der Waals surface area contributed by atoms with Crippen molar-refractivity contribution >= 4 is 60.6 Å². The van der Waals surface area contributed by atoms with E-state index >= 15 is 0 Å². The fraction of sp³-hybridized carbons (Fsp3) is 0.320. The number of allylic oxidation sites excluding steroid dienone is 1. The van der Waals surface area contributed by atoms with Crippen LogP contribution in [0.2, 0.25) is 10.2 Å². The summed E-state index contributed by atoms with van der Waals surface area (Å²) in [6, 6.07) is 8.49. The highest BCUT2D eigenvalue weighted by Gasteiger charge is 2.39. The molecule has 0 saturated carbocycles. The molecule has 1 unspecified atom stereocenters. The van der Waals surface area contributed by atoms with Crippen LogP contribution in [0.5, 0.6) is 5.75 Å². The van der Waals surface area contributed by atoms with Crippen LogP contribution in [-0.4, -0.2) is 51.6 Å². The second-order valence-corrected chi connectivity index (χ2v) is 13.5. The van der Waals surface area contributed by atoms with Gasteiger partial charge in [-0.2, -0.15) is 5.10 Å². The number of sulfonamides is 2. The Kier molecular flexibility index (Phi) is 8.34. The van der Waals surface area contributed by atoms with Gasteiger partial charge in [0.1, 0.15) is 22.6 Å². The first-order valence-electron chi connectivity index (χ1n) is 11.9. The maximum Gasteiger partial charge on any atom is 0.269 e.